The molecule has 2 rings (SSSR count). The highest BCUT2D eigenvalue weighted by Gasteiger charge is 2.12. The minimum absolute atomic E-state index is 0.230. The van der Waals surface area contributed by atoms with E-state index in [1.54, 1.807) is 12.4 Å². The predicted octanol–water partition coefficient (Wildman–Crippen LogP) is 0.504. The monoisotopic (exact) mass is 267 g/mol. The summed E-state index contributed by atoms with van der Waals surface area (Å²) >= 11 is 1.47. The second-order valence-corrected chi connectivity index (χ2v) is 4.52. The lowest BCUT2D eigenvalue weighted by atomic mass is 10.2. The van der Waals surface area contributed by atoms with Crippen LogP contribution in [-0.2, 0) is 19.4 Å². The molecular weight excluding hydrogens is 254 g/mol. The highest BCUT2D eigenvalue weighted by molar-refractivity contribution is 7.07. The molecule has 0 bridgehead atoms. The van der Waals surface area contributed by atoms with Crippen molar-refractivity contribution in [2.75, 3.05) is 0 Å². The number of aromatic amines is 1. The van der Waals surface area contributed by atoms with Crippen LogP contribution in [0, 0.1) is 0 Å². The number of aryl methyl sites for hydroxylation is 1. The summed E-state index contributed by atoms with van der Waals surface area (Å²) in [4.78, 5) is 29.4. The van der Waals surface area contributed by atoms with E-state index in [9.17, 15) is 14.7 Å². The molecule has 0 saturated heterocycles. The topological polar surface area (TPSA) is 88.0 Å². The van der Waals surface area contributed by atoms with Gasteiger partial charge in [-0.25, -0.2) is 9.78 Å². The van der Waals surface area contributed by atoms with Crippen LogP contribution < -0.4 is 11.2 Å². The zero-order valence-electron chi connectivity index (χ0n) is 9.84. The van der Waals surface area contributed by atoms with Crippen LogP contribution in [0.3, 0.4) is 0 Å². The number of aromatic hydroxyl groups is 1. The molecule has 0 aromatic carbocycles. The molecule has 0 spiro atoms. The lowest BCUT2D eigenvalue weighted by molar-refractivity contribution is 0.393. The lowest BCUT2D eigenvalue weighted by Crippen LogP contribution is -2.32. The van der Waals surface area contributed by atoms with E-state index in [-0.39, 0.29) is 18.0 Å². The summed E-state index contributed by atoms with van der Waals surface area (Å²) in [6.45, 7) is 2.04. The summed E-state index contributed by atoms with van der Waals surface area (Å²) in [5, 5.41) is 11.8. The quantitative estimate of drug-likeness (QED) is 0.844. The van der Waals surface area contributed by atoms with Gasteiger partial charge in [0.25, 0.3) is 5.56 Å². The first-order valence-electron chi connectivity index (χ1n) is 5.55. The van der Waals surface area contributed by atoms with Crippen molar-refractivity contribution in [1.29, 1.82) is 0 Å². The van der Waals surface area contributed by atoms with E-state index >= 15 is 0 Å². The van der Waals surface area contributed by atoms with E-state index in [0.717, 1.165) is 5.69 Å². The average Bonchev–Trinajstić information content (AvgIpc) is 2.81. The van der Waals surface area contributed by atoms with Gasteiger partial charge >= 0.3 is 5.69 Å². The zero-order valence-corrected chi connectivity index (χ0v) is 10.7. The van der Waals surface area contributed by atoms with Gasteiger partial charge in [0.05, 0.1) is 16.8 Å². The van der Waals surface area contributed by atoms with Crippen LogP contribution in [0.1, 0.15) is 18.2 Å². The third kappa shape index (κ3) is 2.35. The van der Waals surface area contributed by atoms with Gasteiger partial charge in [-0.2, -0.15) is 0 Å². The summed E-state index contributed by atoms with van der Waals surface area (Å²) in [5.74, 6) is -0.249. The van der Waals surface area contributed by atoms with Gasteiger partial charge in [0, 0.05) is 18.3 Å². The molecule has 2 aromatic rings. The molecule has 6 nitrogen and oxygen atoms in total. The van der Waals surface area contributed by atoms with Crippen molar-refractivity contribution in [1.82, 2.24) is 14.5 Å². The maximum atomic E-state index is 11.6. The number of H-pyrrole nitrogens is 1. The Kier molecular flexibility index (Phi) is 3.61. The molecule has 0 saturated carbocycles. The largest absolute Gasteiger partial charge is 0.494 e. The summed E-state index contributed by atoms with van der Waals surface area (Å²) in [6.07, 6.45) is 0.907. The highest BCUT2D eigenvalue weighted by atomic mass is 32.1. The molecule has 0 aliphatic heterocycles. The molecule has 2 aromatic heterocycles. The molecule has 2 N–H and O–H groups in total. The summed E-state index contributed by atoms with van der Waals surface area (Å²) in [7, 11) is 0. The number of nitrogens with zero attached hydrogens (tertiary/aromatic N) is 2. The van der Waals surface area contributed by atoms with Crippen LogP contribution in [0.25, 0.3) is 0 Å². The Bertz CT molecular complexity index is 643. The standard InChI is InChI=1S/C11H13N3O3S/c1-2-8-9(15)13-11(17)14(10(8)16)4-3-7-5-18-6-12-7/h5-6,16H,2-4H2,1H3,(H,13,15,17). The molecule has 2 heterocycles. The van der Waals surface area contributed by atoms with E-state index in [1.807, 2.05) is 5.38 Å². The molecule has 0 atom stereocenters. The van der Waals surface area contributed by atoms with E-state index in [1.165, 1.54) is 15.9 Å². The van der Waals surface area contributed by atoms with Gasteiger partial charge in [-0.1, -0.05) is 6.92 Å². The first kappa shape index (κ1) is 12.6. The SMILES string of the molecule is CCc1c(O)n(CCc2cscn2)c(=O)[nH]c1=O. The van der Waals surface area contributed by atoms with Crippen LogP contribution in [0.2, 0.25) is 0 Å². The maximum absolute atomic E-state index is 11.6. The van der Waals surface area contributed by atoms with Crippen LogP contribution in [-0.4, -0.2) is 19.6 Å². The van der Waals surface area contributed by atoms with Gasteiger partial charge in [-0.3, -0.25) is 14.3 Å². The fraction of sp³-hybridized carbons (Fsp3) is 0.364. The van der Waals surface area contributed by atoms with Gasteiger partial charge in [-0.05, 0) is 6.42 Å². The first-order chi connectivity index (χ1) is 8.63. The molecule has 18 heavy (non-hydrogen) atoms. The third-order valence-corrected chi connectivity index (χ3v) is 3.33. The van der Waals surface area contributed by atoms with Gasteiger partial charge in [0.15, 0.2) is 0 Å². The zero-order chi connectivity index (χ0) is 13.1. The van der Waals surface area contributed by atoms with Crippen molar-refractivity contribution in [3.05, 3.63) is 43.0 Å². The number of hydrogen-bond donors (Lipinski definition) is 2. The van der Waals surface area contributed by atoms with Crippen molar-refractivity contribution in [2.45, 2.75) is 26.3 Å². The Balaban J connectivity index is 2.33. The molecule has 0 fully saturated rings. The molecule has 0 radical (unpaired) electrons. The number of thiazole rings is 1. The molecule has 7 heteroatoms. The maximum Gasteiger partial charge on any atom is 0.331 e. The Labute approximate surface area is 107 Å². The normalized spacial score (nSPS) is 10.7. The van der Waals surface area contributed by atoms with Gasteiger partial charge < -0.3 is 5.11 Å². The van der Waals surface area contributed by atoms with Crippen molar-refractivity contribution in [3.63, 3.8) is 0 Å². The van der Waals surface area contributed by atoms with Crippen LogP contribution >= 0.6 is 11.3 Å². The van der Waals surface area contributed by atoms with Crippen molar-refractivity contribution in [2.24, 2.45) is 0 Å². The van der Waals surface area contributed by atoms with Crippen molar-refractivity contribution in [3.8, 4) is 5.88 Å². The molecule has 96 valence electrons. The highest BCUT2D eigenvalue weighted by Crippen LogP contribution is 2.11. The fourth-order valence-electron chi connectivity index (χ4n) is 1.71. The number of nitrogens with one attached hydrogen (secondary N) is 1. The minimum atomic E-state index is -0.593. The van der Waals surface area contributed by atoms with E-state index in [4.69, 9.17) is 0 Å². The smallest absolute Gasteiger partial charge is 0.331 e. The van der Waals surface area contributed by atoms with Gasteiger partial charge in [-0.15, -0.1) is 11.3 Å². The summed E-state index contributed by atoms with van der Waals surface area (Å²) in [5.41, 5.74) is 1.68. The third-order valence-electron chi connectivity index (χ3n) is 2.69. The molecular formula is C11H13N3O3S. The molecule has 0 unspecified atom stereocenters. The summed E-state index contributed by atoms with van der Waals surface area (Å²) in [6, 6.07) is 0. The fourth-order valence-corrected chi connectivity index (χ4v) is 2.31. The van der Waals surface area contributed by atoms with E-state index in [2.05, 4.69) is 9.97 Å². The van der Waals surface area contributed by atoms with Gasteiger partial charge in [0.2, 0.25) is 5.88 Å². The van der Waals surface area contributed by atoms with Gasteiger partial charge in [0.1, 0.15) is 0 Å². The van der Waals surface area contributed by atoms with Crippen LogP contribution in [0.5, 0.6) is 5.88 Å². The Morgan fingerprint density at radius 2 is 2.28 bits per heavy atom. The number of hydrogen-bond acceptors (Lipinski definition) is 5. The first-order valence-corrected chi connectivity index (χ1v) is 6.49. The Hall–Kier alpha value is -1.89. The van der Waals surface area contributed by atoms with Crippen LogP contribution in [0.15, 0.2) is 20.5 Å². The molecule has 0 aliphatic carbocycles. The second kappa shape index (κ2) is 5.18. The predicted molar refractivity (Wildman–Crippen MR) is 68.2 cm³/mol. The Morgan fingerprint density at radius 1 is 1.50 bits per heavy atom. The van der Waals surface area contributed by atoms with Crippen LogP contribution in [0.4, 0.5) is 0 Å². The Morgan fingerprint density at radius 3 is 2.89 bits per heavy atom. The number of rotatable bonds is 4. The minimum Gasteiger partial charge on any atom is -0.494 e. The molecule has 0 amide bonds. The number of aromatic nitrogens is 3. The molecule has 0 aliphatic rings. The van der Waals surface area contributed by atoms with Crippen molar-refractivity contribution < 1.29 is 5.11 Å². The average molecular weight is 267 g/mol. The lowest BCUT2D eigenvalue weighted by Gasteiger charge is -2.09. The summed E-state index contributed by atoms with van der Waals surface area (Å²) < 4.78 is 1.17. The van der Waals surface area contributed by atoms with Crippen molar-refractivity contribution >= 4 is 11.3 Å². The van der Waals surface area contributed by atoms with E-state index in [0.29, 0.717) is 12.8 Å². The van der Waals surface area contributed by atoms with E-state index < -0.39 is 11.2 Å². The second-order valence-electron chi connectivity index (χ2n) is 3.80.